The molecule has 0 saturated carbocycles. The highest BCUT2D eigenvalue weighted by atomic mass is 19.1. The Kier molecular flexibility index (Phi) is 4.68. The summed E-state index contributed by atoms with van der Waals surface area (Å²) in [7, 11) is 2.00. The average molecular weight is 261 g/mol. The van der Waals surface area contributed by atoms with E-state index in [1.165, 1.54) is 6.07 Å². The Morgan fingerprint density at radius 3 is 2.95 bits per heavy atom. The number of nitrogens with zero attached hydrogens (tertiary/aromatic N) is 2. The van der Waals surface area contributed by atoms with E-state index in [-0.39, 0.29) is 5.82 Å². The van der Waals surface area contributed by atoms with Crippen LogP contribution < -0.4 is 5.32 Å². The molecule has 0 saturated heterocycles. The maximum Gasteiger partial charge on any atom is 0.123 e. The summed E-state index contributed by atoms with van der Waals surface area (Å²) in [6.07, 6.45) is 5.49. The summed E-state index contributed by atoms with van der Waals surface area (Å²) in [5, 5.41) is 3.44. The third-order valence-corrected chi connectivity index (χ3v) is 3.19. The van der Waals surface area contributed by atoms with Crippen molar-refractivity contribution in [2.24, 2.45) is 7.05 Å². The van der Waals surface area contributed by atoms with Crippen LogP contribution in [-0.2, 0) is 19.9 Å². The van der Waals surface area contributed by atoms with E-state index in [9.17, 15) is 4.39 Å². The molecule has 0 aliphatic heterocycles. The quantitative estimate of drug-likeness (QED) is 0.865. The lowest BCUT2D eigenvalue weighted by atomic mass is 10.1. The molecule has 1 atom stereocenters. The van der Waals surface area contributed by atoms with E-state index in [4.69, 9.17) is 0 Å². The number of hydrogen-bond donors (Lipinski definition) is 1. The van der Waals surface area contributed by atoms with Crippen LogP contribution in [0, 0.1) is 5.82 Å². The molecule has 0 fully saturated rings. The van der Waals surface area contributed by atoms with Crippen molar-refractivity contribution in [3.05, 3.63) is 53.9 Å². The Labute approximate surface area is 113 Å². The molecule has 1 heterocycles. The van der Waals surface area contributed by atoms with Crippen molar-refractivity contribution in [2.75, 3.05) is 6.54 Å². The number of nitrogens with one attached hydrogen (secondary N) is 1. The summed E-state index contributed by atoms with van der Waals surface area (Å²) in [5.74, 6) is 0.906. The van der Waals surface area contributed by atoms with Crippen LogP contribution in [0.25, 0.3) is 0 Å². The van der Waals surface area contributed by atoms with Crippen LogP contribution in [0.5, 0.6) is 0 Å². The van der Waals surface area contributed by atoms with Crippen molar-refractivity contribution in [3.63, 3.8) is 0 Å². The molecular formula is C15H20FN3. The monoisotopic (exact) mass is 261 g/mol. The van der Waals surface area contributed by atoms with E-state index in [0.717, 1.165) is 30.8 Å². The standard InChI is InChI=1S/C15H20FN3/c1-12(10-13-4-3-5-14(16)11-13)17-7-6-15-18-8-9-19(15)2/h3-5,8-9,11-12,17H,6-7,10H2,1-2H3. The second kappa shape index (κ2) is 6.48. The summed E-state index contributed by atoms with van der Waals surface area (Å²) < 4.78 is 15.1. The third-order valence-electron chi connectivity index (χ3n) is 3.19. The molecule has 2 aromatic rings. The number of hydrogen-bond acceptors (Lipinski definition) is 2. The lowest BCUT2D eigenvalue weighted by molar-refractivity contribution is 0.537. The number of imidazole rings is 1. The molecule has 0 spiro atoms. The van der Waals surface area contributed by atoms with Gasteiger partial charge < -0.3 is 9.88 Å². The average Bonchev–Trinajstić information content (AvgIpc) is 2.75. The van der Waals surface area contributed by atoms with E-state index < -0.39 is 0 Å². The molecule has 0 amide bonds. The van der Waals surface area contributed by atoms with Gasteiger partial charge in [0.05, 0.1) is 0 Å². The second-order valence-corrected chi connectivity index (χ2v) is 4.89. The number of aryl methyl sites for hydroxylation is 1. The fourth-order valence-corrected chi connectivity index (χ4v) is 2.16. The van der Waals surface area contributed by atoms with Gasteiger partial charge in [0.2, 0.25) is 0 Å². The zero-order chi connectivity index (χ0) is 13.7. The second-order valence-electron chi connectivity index (χ2n) is 4.89. The Bertz CT molecular complexity index is 522. The molecule has 19 heavy (non-hydrogen) atoms. The van der Waals surface area contributed by atoms with Gasteiger partial charge in [0.1, 0.15) is 11.6 Å². The first kappa shape index (κ1) is 13.7. The third kappa shape index (κ3) is 4.17. The van der Waals surface area contributed by atoms with Crippen LogP contribution in [0.2, 0.25) is 0 Å². The Hall–Kier alpha value is -1.68. The summed E-state index contributed by atoms with van der Waals surface area (Å²) in [4.78, 5) is 4.28. The van der Waals surface area contributed by atoms with Gasteiger partial charge in [-0.15, -0.1) is 0 Å². The fourth-order valence-electron chi connectivity index (χ4n) is 2.16. The highest BCUT2D eigenvalue weighted by Crippen LogP contribution is 2.06. The van der Waals surface area contributed by atoms with E-state index >= 15 is 0 Å². The maximum absolute atomic E-state index is 13.1. The highest BCUT2D eigenvalue weighted by molar-refractivity contribution is 5.17. The number of halogens is 1. The van der Waals surface area contributed by atoms with E-state index in [2.05, 4.69) is 17.2 Å². The first-order valence-corrected chi connectivity index (χ1v) is 6.59. The molecule has 102 valence electrons. The predicted octanol–water partition coefficient (Wildman–Crippen LogP) is 2.32. The van der Waals surface area contributed by atoms with E-state index in [0.29, 0.717) is 6.04 Å². The summed E-state index contributed by atoms with van der Waals surface area (Å²) in [6, 6.07) is 7.10. The molecule has 0 radical (unpaired) electrons. The summed E-state index contributed by atoms with van der Waals surface area (Å²) >= 11 is 0. The zero-order valence-corrected chi connectivity index (χ0v) is 11.4. The van der Waals surface area contributed by atoms with Gasteiger partial charge in [0.15, 0.2) is 0 Å². The van der Waals surface area contributed by atoms with Crippen LogP contribution >= 0.6 is 0 Å². The predicted molar refractivity (Wildman–Crippen MR) is 74.5 cm³/mol. The lowest BCUT2D eigenvalue weighted by Gasteiger charge is -2.13. The van der Waals surface area contributed by atoms with Gasteiger partial charge >= 0.3 is 0 Å². The Morgan fingerprint density at radius 2 is 2.26 bits per heavy atom. The van der Waals surface area contributed by atoms with Crippen LogP contribution in [0.15, 0.2) is 36.7 Å². The molecule has 1 unspecified atom stereocenters. The van der Waals surface area contributed by atoms with Crippen molar-refractivity contribution in [2.45, 2.75) is 25.8 Å². The van der Waals surface area contributed by atoms with Crippen LogP contribution in [-0.4, -0.2) is 22.1 Å². The van der Waals surface area contributed by atoms with Gasteiger partial charge in [0.25, 0.3) is 0 Å². The SMILES string of the molecule is CC(Cc1cccc(F)c1)NCCc1nccn1C. The molecular weight excluding hydrogens is 241 g/mol. The molecule has 3 nitrogen and oxygen atoms in total. The van der Waals surface area contributed by atoms with Crippen LogP contribution in [0.1, 0.15) is 18.3 Å². The molecule has 0 bridgehead atoms. The molecule has 1 aromatic heterocycles. The van der Waals surface area contributed by atoms with Crippen molar-refractivity contribution < 1.29 is 4.39 Å². The lowest BCUT2D eigenvalue weighted by Crippen LogP contribution is -2.30. The number of benzene rings is 1. The number of aromatic nitrogens is 2. The minimum Gasteiger partial charge on any atom is -0.338 e. The van der Waals surface area contributed by atoms with Gasteiger partial charge in [-0.3, -0.25) is 0 Å². The van der Waals surface area contributed by atoms with Crippen LogP contribution in [0.4, 0.5) is 4.39 Å². The molecule has 1 aromatic carbocycles. The number of rotatable bonds is 6. The Balaban J connectivity index is 1.76. The minimum atomic E-state index is -0.169. The van der Waals surface area contributed by atoms with Gasteiger partial charge in [0, 0.05) is 38.4 Å². The smallest absolute Gasteiger partial charge is 0.123 e. The first-order chi connectivity index (χ1) is 9.15. The fraction of sp³-hybridized carbons (Fsp3) is 0.400. The molecule has 2 rings (SSSR count). The maximum atomic E-state index is 13.1. The highest BCUT2D eigenvalue weighted by Gasteiger charge is 2.05. The zero-order valence-electron chi connectivity index (χ0n) is 11.4. The molecule has 1 N–H and O–H groups in total. The normalized spacial score (nSPS) is 12.6. The summed E-state index contributed by atoms with van der Waals surface area (Å²) in [6.45, 7) is 2.99. The van der Waals surface area contributed by atoms with Crippen molar-refractivity contribution in [1.82, 2.24) is 14.9 Å². The van der Waals surface area contributed by atoms with Gasteiger partial charge in [-0.2, -0.15) is 0 Å². The Morgan fingerprint density at radius 1 is 1.42 bits per heavy atom. The van der Waals surface area contributed by atoms with Crippen molar-refractivity contribution >= 4 is 0 Å². The van der Waals surface area contributed by atoms with Crippen molar-refractivity contribution in [1.29, 1.82) is 0 Å². The molecule has 4 heteroatoms. The van der Waals surface area contributed by atoms with Gasteiger partial charge in [-0.1, -0.05) is 12.1 Å². The molecule has 0 aliphatic rings. The summed E-state index contributed by atoms with van der Waals surface area (Å²) in [5.41, 5.74) is 1.02. The molecule has 0 aliphatic carbocycles. The van der Waals surface area contributed by atoms with E-state index in [1.807, 2.05) is 30.1 Å². The van der Waals surface area contributed by atoms with Crippen molar-refractivity contribution in [3.8, 4) is 0 Å². The van der Waals surface area contributed by atoms with Gasteiger partial charge in [-0.25, -0.2) is 9.37 Å². The minimum absolute atomic E-state index is 0.169. The van der Waals surface area contributed by atoms with Gasteiger partial charge in [-0.05, 0) is 31.0 Å². The largest absolute Gasteiger partial charge is 0.338 e. The van der Waals surface area contributed by atoms with E-state index in [1.54, 1.807) is 12.1 Å². The van der Waals surface area contributed by atoms with Crippen LogP contribution in [0.3, 0.4) is 0 Å². The first-order valence-electron chi connectivity index (χ1n) is 6.59. The topological polar surface area (TPSA) is 29.9 Å².